The maximum absolute atomic E-state index is 13.4. The van der Waals surface area contributed by atoms with Gasteiger partial charge < -0.3 is 41.3 Å². The molecule has 0 radical (unpaired) electrons. The van der Waals surface area contributed by atoms with Crippen LogP contribution in [0.4, 0.5) is 39.5 Å². The van der Waals surface area contributed by atoms with Gasteiger partial charge in [0.05, 0.1) is 19.1 Å². The number of nitrogens with two attached hydrogens (primary N) is 1. The number of hydrogen-bond acceptors (Lipinski definition) is 9. The third kappa shape index (κ3) is 23.1. The Bertz CT molecular complexity index is 1460. The Morgan fingerprint density at radius 3 is 1.58 bits per heavy atom. The van der Waals surface area contributed by atoms with Gasteiger partial charge >= 0.3 is 42.4 Å². The number of carboxylic acid groups (broad SMARTS) is 3. The van der Waals surface area contributed by atoms with Gasteiger partial charge in [-0.3, -0.25) is 19.2 Å². The second kappa shape index (κ2) is 25.4. The molecule has 3 atom stereocenters. The number of benzene rings is 1. The second-order valence-electron chi connectivity index (χ2n) is 13.1. The molecule has 1 aliphatic heterocycles. The summed E-state index contributed by atoms with van der Waals surface area (Å²) < 4.78 is 100. The number of carbonyl (C=O) groups excluding carboxylic acids is 4. The number of ether oxygens (including phenoxy) is 1. The molecule has 0 bridgehead atoms. The van der Waals surface area contributed by atoms with E-state index in [0.717, 1.165) is 37.7 Å². The van der Waals surface area contributed by atoms with E-state index < -0.39 is 54.6 Å². The van der Waals surface area contributed by atoms with Crippen molar-refractivity contribution in [2.45, 2.75) is 108 Å². The summed E-state index contributed by atoms with van der Waals surface area (Å²) in [6.45, 7) is 2.94. The zero-order valence-corrected chi connectivity index (χ0v) is 31.8. The van der Waals surface area contributed by atoms with Crippen LogP contribution in [0.25, 0.3) is 0 Å². The van der Waals surface area contributed by atoms with Crippen molar-refractivity contribution >= 4 is 41.6 Å². The number of piperidine rings is 1. The zero-order valence-electron chi connectivity index (χ0n) is 31.8. The smallest absolute Gasteiger partial charge is 0.475 e. The van der Waals surface area contributed by atoms with Crippen molar-refractivity contribution in [3.8, 4) is 0 Å². The van der Waals surface area contributed by atoms with E-state index in [1.165, 1.54) is 7.11 Å². The first-order valence-electron chi connectivity index (χ1n) is 17.8. The summed E-state index contributed by atoms with van der Waals surface area (Å²) in [5, 5.41) is 27.2. The fraction of sp³-hybridized carbons (Fsp3) is 0.629. The molecular formula is C35H47F9N4O11. The standard InChI is InChI=1S/C29H44N4O5.3C2HF3O2/c1-3-4-10-25(28(36)33-17-15-22(16-18-33)29(37)38-2)32-27(35)24(14-13-20-11-12-20)31-26(34)23(30)19-21-8-6-5-7-9-21;3*3-2(4,5)1(6)7/h5-9,20,22-25H,3-4,10-19,30H2,1-2H3,(H,31,34)(H,32,35);3*(H,6,7)/t23-,24-,25?;;;/m1.../s1. The molecular weight excluding hydrogens is 823 g/mol. The number of nitrogens with one attached hydrogen (secondary N) is 2. The van der Waals surface area contributed by atoms with Gasteiger partial charge in [-0.25, -0.2) is 14.4 Å². The van der Waals surface area contributed by atoms with Crippen molar-refractivity contribution < 1.29 is 93.1 Å². The van der Waals surface area contributed by atoms with Crippen LogP contribution in [0.15, 0.2) is 30.3 Å². The molecule has 336 valence electrons. The molecule has 3 amide bonds. The number of alkyl halides is 9. The number of unbranched alkanes of at least 4 members (excludes halogenated alkanes) is 1. The van der Waals surface area contributed by atoms with E-state index in [0.29, 0.717) is 51.1 Å². The van der Waals surface area contributed by atoms with E-state index in [4.69, 9.17) is 40.2 Å². The van der Waals surface area contributed by atoms with Gasteiger partial charge in [-0.2, -0.15) is 39.5 Å². The highest BCUT2D eigenvalue weighted by Crippen LogP contribution is 2.34. The van der Waals surface area contributed by atoms with E-state index in [1.54, 1.807) is 4.90 Å². The number of amides is 3. The van der Waals surface area contributed by atoms with Crippen LogP contribution in [0, 0.1) is 11.8 Å². The predicted molar refractivity (Wildman–Crippen MR) is 186 cm³/mol. The number of methoxy groups -OCH3 is 1. The third-order valence-corrected chi connectivity index (χ3v) is 8.36. The van der Waals surface area contributed by atoms with E-state index in [-0.39, 0.29) is 29.6 Å². The Balaban J connectivity index is 0.00000131. The zero-order chi connectivity index (χ0) is 45.7. The van der Waals surface area contributed by atoms with Crippen LogP contribution < -0.4 is 16.4 Å². The van der Waals surface area contributed by atoms with Gasteiger partial charge in [-0.15, -0.1) is 0 Å². The van der Waals surface area contributed by atoms with Crippen molar-refractivity contribution in [3.63, 3.8) is 0 Å². The topological polar surface area (TPSA) is 243 Å². The van der Waals surface area contributed by atoms with Gasteiger partial charge in [-0.1, -0.05) is 62.9 Å². The SMILES string of the molecule is CCCCC(NC(=O)[C@@H](CCC1CC1)NC(=O)[C@H](N)Cc1ccccc1)C(=O)N1CCC(C(=O)OC)CC1.O=C(O)C(F)(F)F.O=C(O)C(F)(F)F.O=C(O)C(F)(F)F. The molecule has 1 heterocycles. The summed E-state index contributed by atoms with van der Waals surface area (Å²) in [7, 11) is 1.38. The number of rotatable bonds is 14. The van der Waals surface area contributed by atoms with Gasteiger partial charge in [-0.05, 0) is 50.0 Å². The molecule has 1 aromatic rings. The van der Waals surface area contributed by atoms with Crippen LogP contribution in [0.1, 0.15) is 70.3 Å². The minimum absolute atomic E-state index is 0.136. The monoisotopic (exact) mass is 870 g/mol. The fourth-order valence-corrected chi connectivity index (χ4v) is 4.98. The molecule has 7 N–H and O–H groups in total. The molecule has 1 unspecified atom stereocenters. The highest BCUT2D eigenvalue weighted by Gasteiger charge is 2.40. The lowest BCUT2D eigenvalue weighted by Crippen LogP contribution is -2.57. The number of aliphatic carboxylic acids is 3. The molecule has 15 nitrogen and oxygen atoms in total. The fourth-order valence-electron chi connectivity index (χ4n) is 4.98. The molecule has 2 aliphatic rings. The van der Waals surface area contributed by atoms with Crippen LogP contribution in [-0.4, -0.2) is 119 Å². The molecule has 0 spiro atoms. The highest BCUT2D eigenvalue weighted by atomic mass is 19.4. The van der Waals surface area contributed by atoms with Crippen molar-refractivity contribution in [2.24, 2.45) is 17.6 Å². The molecule has 1 saturated heterocycles. The van der Waals surface area contributed by atoms with E-state index in [1.807, 2.05) is 37.3 Å². The van der Waals surface area contributed by atoms with Crippen molar-refractivity contribution in [1.29, 1.82) is 0 Å². The van der Waals surface area contributed by atoms with E-state index >= 15 is 0 Å². The number of carboxylic acids is 3. The Kier molecular flexibility index (Phi) is 23.1. The Hall–Kier alpha value is -5.16. The lowest BCUT2D eigenvalue weighted by Gasteiger charge is -2.34. The van der Waals surface area contributed by atoms with Crippen LogP contribution in [0.5, 0.6) is 0 Å². The van der Waals surface area contributed by atoms with Crippen LogP contribution in [0.2, 0.25) is 0 Å². The number of hydrogen-bond donors (Lipinski definition) is 6. The third-order valence-electron chi connectivity index (χ3n) is 8.36. The number of esters is 1. The molecule has 1 saturated carbocycles. The van der Waals surface area contributed by atoms with Crippen LogP contribution in [0.3, 0.4) is 0 Å². The highest BCUT2D eigenvalue weighted by molar-refractivity contribution is 5.93. The molecule has 1 aliphatic carbocycles. The molecule has 24 heteroatoms. The molecule has 59 heavy (non-hydrogen) atoms. The second-order valence-corrected chi connectivity index (χ2v) is 13.1. The number of nitrogens with zero attached hydrogens (tertiary/aromatic N) is 1. The summed E-state index contributed by atoms with van der Waals surface area (Å²) in [6.07, 6.45) is -7.92. The Morgan fingerprint density at radius 1 is 0.746 bits per heavy atom. The summed E-state index contributed by atoms with van der Waals surface area (Å²) >= 11 is 0. The predicted octanol–water partition coefficient (Wildman–Crippen LogP) is 4.22. The normalized spacial score (nSPS) is 15.8. The van der Waals surface area contributed by atoms with E-state index in [9.17, 15) is 58.7 Å². The summed E-state index contributed by atoms with van der Waals surface area (Å²) in [4.78, 5) is 80.1. The number of likely N-dealkylation sites (tertiary alicyclic amines) is 1. The van der Waals surface area contributed by atoms with Gasteiger partial charge in [0.2, 0.25) is 17.7 Å². The Labute approximate surface area is 331 Å². The molecule has 3 rings (SSSR count). The lowest BCUT2D eigenvalue weighted by atomic mass is 9.96. The van der Waals surface area contributed by atoms with Crippen molar-refractivity contribution in [1.82, 2.24) is 15.5 Å². The largest absolute Gasteiger partial charge is 0.490 e. The first-order chi connectivity index (χ1) is 27.1. The van der Waals surface area contributed by atoms with Crippen LogP contribution >= 0.6 is 0 Å². The maximum Gasteiger partial charge on any atom is 0.490 e. The first-order valence-corrected chi connectivity index (χ1v) is 17.8. The van der Waals surface area contributed by atoms with Crippen molar-refractivity contribution in [3.05, 3.63) is 35.9 Å². The molecule has 2 fully saturated rings. The van der Waals surface area contributed by atoms with Crippen LogP contribution in [-0.2, 0) is 44.7 Å². The first kappa shape index (κ1) is 53.8. The molecule has 0 aromatic heterocycles. The summed E-state index contributed by atoms with van der Waals surface area (Å²) in [6, 6.07) is 7.36. The minimum atomic E-state index is -5.08. The lowest BCUT2D eigenvalue weighted by molar-refractivity contribution is -0.193. The quantitative estimate of drug-likeness (QED) is 0.114. The Morgan fingerprint density at radius 2 is 1.19 bits per heavy atom. The number of halogens is 9. The van der Waals surface area contributed by atoms with Gasteiger partial charge in [0.15, 0.2) is 0 Å². The maximum atomic E-state index is 13.4. The summed E-state index contributed by atoms with van der Waals surface area (Å²) in [5.41, 5.74) is 7.14. The average molecular weight is 871 g/mol. The summed E-state index contributed by atoms with van der Waals surface area (Å²) in [5.74, 6) is -8.97. The van der Waals surface area contributed by atoms with E-state index in [2.05, 4.69) is 10.6 Å². The number of carbonyl (C=O) groups is 7. The molecule has 1 aromatic carbocycles. The average Bonchev–Trinajstić information content (AvgIpc) is 3.99. The minimum Gasteiger partial charge on any atom is -0.475 e. The van der Waals surface area contributed by atoms with Crippen molar-refractivity contribution in [2.75, 3.05) is 20.2 Å². The van der Waals surface area contributed by atoms with Gasteiger partial charge in [0.1, 0.15) is 12.1 Å². The van der Waals surface area contributed by atoms with Gasteiger partial charge in [0, 0.05) is 13.1 Å². The van der Waals surface area contributed by atoms with Gasteiger partial charge in [0.25, 0.3) is 0 Å².